The van der Waals surface area contributed by atoms with E-state index < -0.39 is 0 Å². The van der Waals surface area contributed by atoms with Crippen LogP contribution in [0.2, 0.25) is 10.0 Å². The van der Waals surface area contributed by atoms with Gasteiger partial charge in [-0.3, -0.25) is 0 Å². The summed E-state index contributed by atoms with van der Waals surface area (Å²) < 4.78 is 0. The molecular weight excluding hydrogens is 241 g/mol. The third kappa shape index (κ3) is 4.73. The van der Waals surface area contributed by atoms with E-state index in [0.717, 1.165) is 31.5 Å². The van der Waals surface area contributed by atoms with Gasteiger partial charge in [-0.25, -0.2) is 0 Å². The lowest BCUT2D eigenvalue weighted by Gasteiger charge is -2.06. The number of hydrogen-bond donors (Lipinski definition) is 1. The van der Waals surface area contributed by atoms with Crippen LogP contribution in [0.5, 0.6) is 0 Å². The zero-order chi connectivity index (χ0) is 11.8. The molecule has 1 N–H and O–H groups in total. The van der Waals surface area contributed by atoms with Gasteiger partial charge in [-0.05, 0) is 50.4 Å². The first-order valence-electron chi connectivity index (χ1n) is 5.89. The van der Waals surface area contributed by atoms with Crippen molar-refractivity contribution < 1.29 is 0 Å². The van der Waals surface area contributed by atoms with E-state index in [9.17, 15) is 0 Å². The number of halogens is 2. The average molecular weight is 260 g/mol. The molecule has 1 rings (SSSR count). The van der Waals surface area contributed by atoms with E-state index >= 15 is 0 Å². The van der Waals surface area contributed by atoms with Crippen molar-refractivity contribution in [3.8, 4) is 0 Å². The maximum atomic E-state index is 6.11. The molecule has 90 valence electrons. The summed E-state index contributed by atoms with van der Waals surface area (Å²) in [5.41, 5.74) is 1.16. The highest BCUT2D eigenvalue weighted by Crippen LogP contribution is 2.26. The van der Waals surface area contributed by atoms with Gasteiger partial charge in [-0.15, -0.1) is 0 Å². The summed E-state index contributed by atoms with van der Waals surface area (Å²) in [5.74, 6) is 0. The highest BCUT2D eigenvalue weighted by atomic mass is 35.5. The zero-order valence-electron chi connectivity index (χ0n) is 9.73. The van der Waals surface area contributed by atoms with Crippen molar-refractivity contribution >= 4 is 23.2 Å². The maximum absolute atomic E-state index is 6.11. The molecule has 1 aromatic rings. The van der Waals surface area contributed by atoms with Crippen LogP contribution in [0.25, 0.3) is 0 Å². The Hall–Kier alpha value is -0.240. The molecule has 0 spiro atoms. The average Bonchev–Trinajstić information content (AvgIpc) is 2.29. The Kier molecular flexibility index (Phi) is 6.86. The minimum Gasteiger partial charge on any atom is -0.317 e. The molecule has 1 aromatic carbocycles. The molecule has 0 amide bonds. The Balaban J connectivity index is 2.24. The first-order chi connectivity index (χ1) is 7.75. The predicted octanol–water partition coefficient (Wildman–Crippen LogP) is 4.32. The van der Waals surface area contributed by atoms with E-state index in [4.69, 9.17) is 23.2 Å². The summed E-state index contributed by atoms with van der Waals surface area (Å²) in [5, 5.41) is 4.76. The van der Waals surface area contributed by atoms with Crippen molar-refractivity contribution in [2.24, 2.45) is 0 Å². The number of hydrogen-bond acceptors (Lipinski definition) is 1. The van der Waals surface area contributed by atoms with Crippen LogP contribution < -0.4 is 5.32 Å². The quantitative estimate of drug-likeness (QED) is 0.720. The molecule has 0 bridgehead atoms. The fourth-order valence-electron chi connectivity index (χ4n) is 1.61. The minimum absolute atomic E-state index is 0.656. The first-order valence-corrected chi connectivity index (χ1v) is 6.65. The van der Waals surface area contributed by atoms with Gasteiger partial charge < -0.3 is 5.32 Å². The smallest absolute Gasteiger partial charge is 0.0624 e. The Morgan fingerprint density at radius 3 is 2.69 bits per heavy atom. The second kappa shape index (κ2) is 7.94. The lowest BCUT2D eigenvalue weighted by atomic mass is 10.1. The molecule has 0 atom stereocenters. The fraction of sp³-hybridized carbons (Fsp3) is 0.538. The number of nitrogens with one attached hydrogen (secondary N) is 1. The Labute approximate surface area is 108 Å². The summed E-state index contributed by atoms with van der Waals surface area (Å²) in [6, 6.07) is 5.84. The lowest BCUT2D eigenvalue weighted by molar-refractivity contribution is 0.617. The maximum Gasteiger partial charge on any atom is 0.0624 e. The molecule has 0 heterocycles. The molecule has 0 aliphatic carbocycles. The van der Waals surface area contributed by atoms with Crippen molar-refractivity contribution in [1.82, 2.24) is 5.32 Å². The number of benzene rings is 1. The van der Waals surface area contributed by atoms with E-state index in [1.165, 1.54) is 12.8 Å². The highest BCUT2D eigenvalue weighted by Gasteiger charge is 2.03. The van der Waals surface area contributed by atoms with Gasteiger partial charge in [0.05, 0.1) is 10.0 Å². The summed E-state index contributed by atoms with van der Waals surface area (Å²) in [4.78, 5) is 0. The van der Waals surface area contributed by atoms with Gasteiger partial charge in [0.1, 0.15) is 0 Å². The summed E-state index contributed by atoms with van der Waals surface area (Å²) in [6.45, 7) is 4.38. The van der Waals surface area contributed by atoms with Crippen molar-refractivity contribution in [2.45, 2.75) is 32.6 Å². The molecule has 3 heteroatoms. The predicted molar refractivity (Wildman–Crippen MR) is 72.6 cm³/mol. The Bertz CT molecular complexity index is 313. The van der Waals surface area contributed by atoms with Crippen molar-refractivity contribution in [2.75, 3.05) is 13.1 Å². The van der Waals surface area contributed by atoms with Crippen LogP contribution >= 0.6 is 23.2 Å². The number of rotatable bonds is 7. The molecule has 0 unspecified atom stereocenters. The van der Waals surface area contributed by atoms with Crippen molar-refractivity contribution in [3.63, 3.8) is 0 Å². The van der Waals surface area contributed by atoms with Crippen LogP contribution in [0, 0.1) is 0 Å². The normalized spacial score (nSPS) is 10.7. The molecule has 0 saturated carbocycles. The fourth-order valence-corrected chi connectivity index (χ4v) is 2.02. The molecular formula is C13H19Cl2N. The largest absolute Gasteiger partial charge is 0.317 e. The van der Waals surface area contributed by atoms with Crippen LogP contribution in [0.1, 0.15) is 31.7 Å². The second-order valence-corrected chi connectivity index (χ2v) is 4.71. The SMILES string of the molecule is CCCNCCCCc1cccc(Cl)c1Cl. The number of unbranched alkanes of at least 4 members (excludes halogenated alkanes) is 1. The Morgan fingerprint density at radius 2 is 1.94 bits per heavy atom. The summed E-state index contributed by atoms with van der Waals surface area (Å²) in [6.07, 6.45) is 4.53. The van der Waals surface area contributed by atoms with Crippen LogP contribution in [0.3, 0.4) is 0 Å². The van der Waals surface area contributed by atoms with Crippen LogP contribution in [-0.2, 0) is 6.42 Å². The molecule has 0 aromatic heterocycles. The molecule has 0 saturated heterocycles. The summed E-state index contributed by atoms with van der Waals surface area (Å²) >= 11 is 12.1. The second-order valence-electron chi connectivity index (χ2n) is 3.92. The molecule has 0 fully saturated rings. The molecule has 0 aliphatic heterocycles. The Morgan fingerprint density at radius 1 is 1.12 bits per heavy atom. The van der Waals surface area contributed by atoms with Crippen LogP contribution in [0.15, 0.2) is 18.2 Å². The lowest BCUT2D eigenvalue weighted by Crippen LogP contribution is -2.15. The monoisotopic (exact) mass is 259 g/mol. The van der Waals surface area contributed by atoms with Crippen LogP contribution in [0.4, 0.5) is 0 Å². The van der Waals surface area contributed by atoms with E-state index in [0.29, 0.717) is 10.0 Å². The van der Waals surface area contributed by atoms with E-state index in [-0.39, 0.29) is 0 Å². The van der Waals surface area contributed by atoms with Crippen molar-refractivity contribution in [1.29, 1.82) is 0 Å². The van der Waals surface area contributed by atoms with Gasteiger partial charge in [0.25, 0.3) is 0 Å². The van der Waals surface area contributed by atoms with E-state index in [1.54, 1.807) is 0 Å². The van der Waals surface area contributed by atoms with Crippen LogP contribution in [-0.4, -0.2) is 13.1 Å². The van der Waals surface area contributed by atoms with Crippen molar-refractivity contribution in [3.05, 3.63) is 33.8 Å². The van der Waals surface area contributed by atoms with Gasteiger partial charge in [0.15, 0.2) is 0 Å². The summed E-state index contributed by atoms with van der Waals surface area (Å²) in [7, 11) is 0. The standard InChI is InChI=1S/C13H19Cl2N/c1-2-9-16-10-4-3-6-11-7-5-8-12(14)13(11)15/h5,7-8,16H,2-4,6,9-10H2,1H3. The van der Waals surface area contributed by atoms with Gasteiger partial charge in [0.2, 0.25) is 0 Å². The topological polar surface area (TPSA) is 12.0 Å². The van der Waals surface area contributed by atoms with E-state index in [2.05, 4.69) is 12.2 Å². The van der Waals surface area contributed by atoms with E-state index in [1.807, 2.05) is 18.2 Å². The number of aryl methyl sites for hydroxylation is 1. The van der Waals surface area contributed by atoms with Gasteiger partial charge >= 0.3 is 0 Å². The van der Waals surface area contributed by atoms with Gasteiger partial charge in [-0.1, -0.05) is 42.3 Å². The minimum atomic E-state index is 0.656. The molecule has 0 aliphatic rings. The first kappa shape index (κ1) is 13.8. The third-order valence-electron chi connectivity index (χ3n) is 2.51. The molecule has 16 heavy (non-hydrogen) atoms. The van der Waals surface area contributed by atoms with Gasteiger partial charge in [0, 0.05) is 0 Å². The molecule has 1 nitrogen and oxygen atoms in total. The third-order valence-corrected chi connectivity index (χ3v) is 3.37. The van der Waals surface area contributed by atoms with Gasteiger partial charge in [-0.2, -0.15) is 0 Å². The highest BCUT2D eigenvalue weighted by molar-refractivity contribution is 6.42. The zero-order valence-corrected chi connectivity index (χ0v) is 11.2. The molecule has 0 radical (unpaired) electrons.